The van der Waals surface area contributed by atoms with Crippen molar-refractivity contribution < 1.29 is 0 Å². The second-order valence-electron chi connectivity index (χ2n) is 3.31. The van der Waals surface area contributed by atoms with E-state index in [0.717, 1.165) is 13.1 Å². The maximum Gasteiger partial charge on any atom is 0.212 e. The first kappa shape index (κ1) is 8.27. The summed E-state index contributed by atoms with van der Waals surface area (Å²) >= 11 is 0. The lowest BCUT2D eigenvalue weighted by atomic mass is 10.2. The van der Waals surface area contributed by atoms with E-state index in [2.05, 4.69) is 16.4 Å². The van der Waals surface area contributed by atoms with E-state index in [1.54, 1.807) is 6.20 Å². The quantitative estimate of drug-likeness (QED) is 0.714. The first-order valence-electron chi connectivity index (χ1n) is 4.55. The topological polar surface area (TPSA) is 53.6 Å². The van der Waals surface area contributed by atoms with Crippen LogP contribution in [0.4, 0.5) is 0 Å². The molecule has 13 heavy (non-hydrogen) atoms. The number of imidazole rings is 1. The van der Waals surface area contributed by atoms with E-state index in [-0.39, 0.29) is 0 Å². The number of rotatable bonds is 2. The van der Waals surface area contributed by atoms with E-state index in [4.69, 9.17) is 5.26 Å². The Labute approximate surface area is 77.2 Å². The van der Waals surface area contributed by atoms with Gasteiger partial charge < -0.3 is 9.88 Å². The summed E-state index contributed by atoms with van der Waals surface area (Å²) in [6.45, 7) is 1.96. The van der Waals surface area contributed by atoms with Gasteiger partial charge in [-0.15, -0.1) is 0 Å². The minimum atomic E-state index is 0.508. The van der Waals surface area contributed by atoms with Gasteiger partial charge in [0.15, 0.2) is 0 Å². The Kier molecular flexibility index (Phi) is 2.28. The van der Waals surface area contributed by atoms with Crippen LogP contribution < -0.4 is 5.32 Å². The second kappa shape index (κ2) is 3.58. The third kappa shape index (κ3) is 1.70. The molecule has 0 saturated carbocycles. The number of nitrogens with one attached hydrogen (secondary N) is 1. The van der Waals surface area contributed by atoms with Crippen LogP contribution in [0.2, 0.25) is 0 Å². The fourth-order valence-corrected chi connectivity index (χ4v) is 1.72. The molecule has 0 aliphatic carbocycles. The van der Waals surface area contributed by atoms with Gasteiger partial charge in [-0.3, -0.25) is 0 Å². The summed E-state index contributed by atoms with van der Waals surface area (Å²) in [5.74, 6) is 0.508. The van der Waals surface area contributed by atoms with Gasteiger partial charge in [0.05, 0.1) is 0 Å². The first-order chi connectivity index (χ1) is 6.40. The molecule has 0 aromatic carbocycles. The summed E-state index contributed by atoms with van der Waals surface area (Å²) in [6.07, 6.45) is 5.97. The third-order valence-electron chi connectivity index (χ3n) is 2.39. The molecule has 0 spiro atoms. The molecular formula is C9H12N4. The predicted molar refractivity (Wildman–Crippen MR) is 48.0 cm³/mol. The molecule has 0 radical (unpaired) electrons. The van der Waals surface area contributed by atoms with Gasteiger partial charge in [0, 0.05) is 25.0 Å². The molecule has 4 heteroatoms. The van der Waals surface area contributed by atoms with Crippen molar-refractivity contribution >= 4 is 0 Å². The van der Waals surface area contributed by atoms with Gasteiger partial charge in [-0.2, -0.15) is 5.26 Å². The molecule has 1 aliphatic rings. The van der Waals surface area contributed by atoms with Crippen molar-refractivity contribution in [1.29, 1.82) is 5.26 Å². The number of aromatic nitrogens is 2. The van der Waals surface area contributed by atoms with Gasteiger partial charge in [0.1, 0.15) is 6.07 Å². The lowest BCUT2D eigenvalue weighted by Gasteiger charge is -2.10. The van der Waals surface area contributed by atoms with E-state index >= 15 is 0 Å². The molecular weight excluding hydrogens is 164 g/mol. The van der Waals surface area contributed by atoms with Crippen molar-refractivity contribution in [1.82, 2.24) is 14.9 Å². The van der Waals surface area contributed by atoms with Crippen molar-refractivity contribution in [3.63, 3.8) is 0 Å². The molecule has 1 aromatic heterocycles. The Morgan fingerprint density at radius 2 is 2.69 bits per heavy atom. The minimum Gasteiger partial charge on any atom is -0.321 e. The number of hydrogen-bond donors (Lipinski definition) is 1. The van der Waals surface area contributed by atoms with E-state index < -0.39 is 0 Å². The summed E-state index contributed by atoms with van der Waals surface area (Å²) in [7, 11) is 0. The summed E-state index contributed by atoms with van der Waals surface area (Å²) in [5, 5.41) is 12.1. The van der Waals surface area contributed by atoms with Gasteiger partial charge in [-0.1, -0.05) is 0 Å². The van der Waals surface area contributed by atoms with E-state index in [1.807, 2.05) is 10.8 Å². The van der Waals surface area contributed by atoms with Crippen LogP contribution in [0.25, 0.3) is 0 Å². The van der Waals surface area contributed by atoms with Crippen LogP contribution in [-0.4, -0.2) is 22.1 Å². The SMILES string of the molecule is N#Cc1nccn1C[C@H]1CCCN1. The first-order valence-corrected chi connectivity index (χ1v) is 4.55. The molecule has 4 nitrogen and oxygen atoms in total. The lowest BCUT2D eigenvalue weighted by molar-refractivity contribution is 0.506. The largest absolute Gasteiger partial charge is 0.321 e. The molecule has 1 aromatic rings. The Morgan fingerprint density at radius 3 is 3.38 bits per heavy atom. The van der Waals surface area contributed by atoms with E-state index in [0.29, 0.717) is 11.9 Å². The Bertz CT molecular complexity index is 317. The number of nitriles is 1. The summed E-state index contributed by atoms with van der Waals surface area (Å²) in [5.41, 5.74) is 0. The van der Waals surface area contributed by atoms with E-state index in [1.165, 1.54) is 12.8 Å². The van der Waals surface area contributed by atoms with Crippen molar-refractivity contribution in [3.8, 4) is 6.07 Å². The second-order valence-corrected chi connectivity index (χ2v) is 3.31. The van der Waals surface area contributed by atoms with Gasteiger partial charge in [-0.05, 0) is 19.4 Å². The van der Waals surface area contributed by atoms with Gasteiger partial charge in [0.25, 0.3) is 0 Å². The van der Waals surface area contributed by atoms with Crippen molar-refractivity contribution in [2.45, 2.75) is 25.4 Å². The Morgan fingerprint density at radius 1 is 1.77 bits per heavy atom. The molecule has 68 valence electrons. The minimum absolute atomic E-state index is 0.508. The predicted octanol–water partition coefficient (Wildman–Crippen LogP) is 0.507. The van der Waals surface area contributed by atoms with Gasteiger partial charge >= 0.3 is 0 Å². The standard InChI is InChI=1S/C9H12N4/c10-6-9-12-4-5-13(9)7-8-2-1-3-11-8/h4-5,8,11H,1-3,7H2/t8-/m1/s1. The highest BCUT2D eigenvalue weighted by atomic mass is 15.1. The molecule has 2 rings (SSSR count). The maximum absolute atomic E-state index is 8.73. The molecule has 1 saturated heterocycles. The third-order valence-corrected chi connectivity index (χ3v) is 2.39. The van der Waals surface area contributed by atoms with Crippen LogP contribution in [0, 0.1) is 11.3 Å². The molecule has 2 heterocycles. The lowest BCUT2D eigenvalue weighted by Crippen LogP contribution is -2.26. The smallest absolute Gasteiger partial charge is 0.212 e. The van der Waals surface area contributed by atoms with Crippen LogP contribution in [-0.2, 0) is 6.54 Å². The number of nitrogens with zero attached hydrogens (tertiary/aromatic N) is 3. The normalized spacial score (nSPS) is 21.6. The summed E-state index contributed by atoms with van der Waals surface area (Å²) in [6, 6.07) is 2.59. The Balaban J connectivity index is 2.04. The monoisotopic (exact) mass is 176 g/mol. The molecule has 1 atom stereocenters. The molecule has 0 bridgehead atoms. The average molecular weight is 176 g/mol. The van der Waals surface area contributed by atoms with Crippen LogP contribution in [0.3, 0.4) is 0 Å². The van der Waals surface area contributed by atoms with Crippen molar-refractivity contribution in [2.75, 3.05) is 6.54 Å². The van der Waals surface area contributed by atoms with E-state index in [9.17, 15) is 0 Å². The average Bonchev–Trinajstić information content (AvgIpc) is 2.76. The fraction of sp³-hybridized carbons (Fsp3) is 0.556. The zero-order chi connectivity index (χ0) is 9.10. The highest BCUT2D eigenvalue weighted by molar-refractivity contribution is 5.11. The van der Waals surface area contributed by atoms with Gasteiger partial charge in [-0.25, -0.2) is 4.98 Å². The van der Waals surface area contributed by atoms with Crippen LogP contribution >= 0.6 is 0 Å². The fourth-order valence-electron chi connectivity index (χ4n) is 1.72. The summed E-state index contributed by atoms with van der Waals surface area (Å²) in [4.78, 5) is 3.95. The van der Waals surface area contributed by atoms with Gasteiger partial charge in [0.2, 0.25) is 5.82 Å². The number of hydrogen-bond acceptors (Lipinski definition) is 3. The molecule has 0 amide bonds. The Hall–Kier alpha value is -1.34. The van der Waals surface area contributed by atoms with Crippen LogP contribution in [0.15, 0.2) is 12.4 Å². The molecule has 0 unspecified atom stereocenters. The highest BCUT2D eigenvalue weighted by Gasteiger charge is 2.15. The summed E-state index contributed by atoms with van der Waals surface area (Å²) < 4.78 is 1.91. The van der Waals surface area contributed by atoms with Crippen LogP contribution in [0.5, 0.6) is 0 Å². The van der Waals surface area contributed by atoms with Crippen molar-refractivity contribution in [3.05, 3.63) is 18.2 Å². The molecule has 1 N–H and O–H groups in total. The zero-order valence-electron chi connectivity index (χ0n) is 7.40. The van der Waals surface area contributed by atoms with Crippen LogP contribution in [0.1, 0.15) is 18.7 Å². The van der Waals surface area contributed by atoms with Crippen molar-refractivity contribution in [2.24, 2.45) is 0 Å². The highest BCUT2D eigenvalue weighted by Crippen LogP contribution is 2.08. The zero-order valence-corrected chi connectivity index (χ0v) is 7.40. The maximum atomic E-state index is 8.73. The molecule has 1 aliphatic heterocycles. The molecule has 1 fully saturated rings.